The molecule has 2 rings (SSSR count). The lowest BCUT2D eigenvalue weighted by Gasteiger charge is -2.10. The second kappa shape index (κ2) is 6.21. The van der Waals surface area contributed by atoms with Crippen LogP contribution in [-0.4, -0.2) is 12.1 Å². The van der Waals surface area contributed by atoms with Crippen molar-refractivity contribution in [3.63, 3.8) is 0 Å². The zero-order chi connectivity index (χ0) is 13.8. The number of halogens is 3. The monoisotopic (exact) mass is 345 g/mol. The normalized spacial score (nSPS) is 10.3. The van der Waals surface area contributed by atoms with E-state index in [-0.39, 0.29) is 11.8 Å². The molecule has 3 nitrogen and oxygen atoms in total. The van der Waals surface area contributed by atoms with Gasteiger partial charge in [0.05, 0.1) is 23.7 Å². The molecule has 0 radical (unpaired) electrons. The Hall–Kier alpha value is -1.33. The van der Waals surface area contributed by atoms with E-state index in [0.717, 1.165) is 6.20 Å². The van der Waals surface area contributed by atoms with Gasteiger partial charge in [-0.1, -0.05) is 0 Å². The number of hydrogen-bond donors (Lipinski definition) is 0. The van der Waals surface area contributed by atoms with Crippen molar-refractivity contribution < 1.29 is 13.9 Å². The quantitative estimate of drug-likeness (QED) is 0.763. The minimum Gasteiger partial charge on any atom is -0.497 e. The maximum atomic E-state index is 13.0. The molecule has 1 aromatic carbocycles. The molecule has 0 amide bonds. The van der Waals surface area contributed by atoms with Crippen LogP contribution in [0.15, 0.2) is 34.9 Å². The molecule has 0 atom stereocenters. The first-order chi connectivity index (χ1) is 9.13. The van der Waals surface area contributed by atoms with E-state index in [2.05, 4.69) is 20.9 Å². The third kappa shape index (κ3) is 3.36. The van der Waals surface area contributed by atoms with E-state index in [1.165, 1.54) is 6.07 Å². The minimum atomic E-state index is -0.447. The van der Waals surface area contributed by atoms with Crippen molar-refractivity contribution in [3.05, 3.63) is 46.3 Å². The highest BCUT2D eigenvalue weighted by atomic mass is 79.9. The van der Waals surface area contributed by atoms with Gasteiger partial charge in [0.25, 0.3) is 0 Å². The summed E-state index contributed by atoms with van der Waals surface area (Å²) >= 11 is 9.11. The van der Waals surface area contributed by atoms with Crippen LogP contribution in [0.3, 0.4) is 0 Å². The van der Waals surface area contributed by atoms with Crippen LogP contribution in [-0.2, 0) is 5.88 Å². The molecule has 0 spiro atoms. The van der Waals surface area contributed by atoms with Crippen molar-refractivity contribution >= 4 is 27.5 Å². The largest absolute Gasteiger partial charge is 0.497 e. The zero-order valence-electron chi connectivity index (χ0n) is 9.99. The van der Waals surface area contributed by atoms with Gasteiger partial charge in [0, 0.05) is 5.56 Å². The lowest BCUT2D eigenvalue weighted by molar-refractivity contribution is 0.411. The predicted molar refractivity (Wildman–Crippen MR) is 74.5 cm³/mol. The first kappa shape index (κ1) is 14.1. The summed E-state index contributed by atoms with van der Waals surface area (Å²) < 4.78 is 24.5. The fraction of sp³-hybridized carbons (Fsp3) is 0.154. The molecule has 1 heterocycles. The number of methoxy groups -OCH3 is 1. The first-order valence-corrected chi connectivity index (χ1v) is 6.68. The van der Waals surface area contributed by atoms with Gasteiger partial charge in [-0.15, -0.1) is 11.6 Å². The summed E-state index contributed by atoms with van der Waals surface area (Å²) in [5.74, 6) is 1.20. The molecule has 0 aliphatic rings. The molecular weight excluding hydrogens is 337 g/mol. The Labute approximate surface area is 123 Å². The molecule has 6 heteroatoms. The molecule has 100 valence electrons. The lowest BCUT2D eigenvalue weighted by atomic mass is 10.3. The number of benzene rings is 1. The molecular formula is C13H10BrClFNO2. The SMILES string of the molecule is COc1ccc(Oc2ncc(F)cc2CCl)c(Br)c1. The molecule has 0 bridgehead atoms. The van der Waals surface area contributed by atoms with Crippen molar-refractivity contribution in [1.29, 1.82) is 0 Å². The fourth-order valence-corrected chi connectivity index (χ4v) is 2.08. The number of ether oxygens (including phenoxy) is 2. The molecule has 0 aliphatic heterocycles. The Morgan fingerprint density at radius 1 is 1.37 bits per heavy atom. The molecule has 2 aromatic rings. The van der Waals surface area contributed by atoms with Crippen LogP contribution >= 0.6 is 27.5 Å². The van der Waals surface area contributed by atoms with Gasteiger partial charge in [-0.25, -0.2) is 9.37 Å². The maximum Gasteiger partial charge on any atom is 0.223 e. The Morgan fingerprint density at radius 2 is 2.16 bits per heavy atom. The van der Waals surface area contributed by atoms with Gasteiger partial charge in [0.15, 0.2) is 0 Å². The van der Waals surface area contributed by atoms with Gasteiger partial charge in [0.2, 0.25) is 5.88 Å². The summed E-state index contributed by atoms with van der Waals surface area (Å²) in [6.45, 7) is 0. The van der Waals surface area contributed by atoms with E-state index in [4.69, 9.17) is 21.1 Å². The Morgan fingerprint density at radius 3 is 2.79 bits per heavy atom. The number of pyridine rings is 1. The van der Waals surface area contributed by atoms with E-state index < -0.39 is 5.82 Å². The molecule has 0 unspecified atom stereocenters. The molecule has 0 aliphatic carbocycles. The number of alkyl halides is 1. The summed E-state index contributed by atoms with van der Waals surface area (Å²) in [6.07, 6.45) is 1.09. The predicted octanol–water partition coefficient (Wildman–Crippen LogP) is 4.52. The maximum absolute atomic E-state index is 13.0. The average Bonchev–Trinajstić information content (AvgIpc) is 2.42. The fourth-order valence-electron chi connectivity index (χ4n) is 1.45. The van der Waals surface area contributed by atoms with Crippen molar-refractivity contribution in [3.8, 4) is 17.4 Å². The van der Waals surface area contributed by atoms with Crippen LogP contribution in [0.1, 0.15) is 5.56 Å². The van der Waals surface area contributed by atoms with Crippen LogP contribution in [0.5, 0.6) is 17.4 Å². The molecule has 19 heavy (non-hydrogen) atoms. The molecule has 1 aromatic heterocycles. The van der Waals surface area contributed by atoms with E-state index in [1.807, 2.05) is 0 Å². The highest BCUT2D eigenvalue weighted by molar-refractivity contribution is 9.10. The van der Waals surface area contributed by atoms with Gasteiger partial charge >= 0.3 is 0 Å². The number of rotatable bonds is 4. The van der Waals surface area contributed by atoms with Gasteiger partial charge in [-0.05, 0) is 40.2 Å². The summed E-state index contributed by atoms with van der Waals surface area (Å²) in [6, 6.07) is 6.54. The van der Waals surface area contributed by atoms with Crippen LogP contribution in [0.4, 0.5) is 4.39 Å². The van der Waals surface area contributed by atoms with Crippen LogP contribution in [0, 0.1) is 5.82 Å². The summed E-state index contributed by atoms with van der Waals surface area (Å²) in [5, 5.41) is 0. The topological polar surface area (TPSA) is 31.4 Å². The Bertz CT molecular complexity index is 595. The van der Waals surface area contributed by atoms with E-state index in [0.29, 0.717) is 21.5 Å². The summed E-state index contributed by atoms with van der Waals surface area (Å²) in [4.78, 5) is 3.89. The standard InChI is InChI=1S/C13H10BrClFNO2/c1-18-10-2-3-12(11(14)5-10)19-13-8(6-15)4-9(16)7-17-13/h2-5,7H,6H2,1H3. The van der Waals surface area contributed by atoms with E-state index in [9.17, 15) is 4.39 Å². The summed E-state index contributed by atoms with van der Waals surface area (Å²) in [5.41, 5.74) is 0.490. The number of aromatic nitrogens is 1. The zero-order valence-corrected chi connectivity index (χ0v) is 12.3. The molecule has 0 saturated carbocycles. The third-order valence-electron chi connectivity index (χ3n) is 2.38. The van der Waals surface area contributed by atoms with Crippen LogP contribution in [0.2, 0.25) is 0 Å². The van der Waals surface area contributed by atoms with Gasteiger partial charge in [-0.2, -0.15) is 0 Å². The van der Waals surface area contributed by atoms with Crippen LogP contribution < -0.4 is 9.47 Å². The van der Waals surface area contributed by atoms with Gasteiger partial charge < -0.3 is 9.47 Å². The Kier molecular flexibility index (Phi) is 4.61. The van der Waals surface area contributed by atoms with Crippen molar-refractivity contribution in [2.45, 2.75) is 5.88 Å². The van der Waals surface area contributed by atoms with Gasteiger partial charge in [0.1, 0.15) is 17.3 Å². The smallest absolute Gasteiger partial charge is 0.223 e. The second-order valence-corrected chi connectivity index (χ2v) is 4.77. The third-order valence-corrected chi connectivity index (χ3v) is 3.29. The molecule has 0 saturated heterocycles. The van der Waals surface area contributed by atoms with Crippen molar-refractivity contribution in [2.24, 2.45) is 0 Å². The number of hydrogen-bond acceptors (Lipinski definition) is 3. The molecule has 0 fully saturated rings. The van der Waals surface area contributed by atoms with Crippen LogP contribution in [0.25, 0.3) is 0 Å². The summed E-state index contributed by atoms with van der Waals surface area (Å²) in [7, 11) is 1.58. The first-order valence-electron chi connectivity index (χ1n) is 5.36. The average molecular weight is 347 g/mol. The van der Waals surface area contributed by atoms with E-state index in [1.54, 1.807) is 25.3 Å². The highest BCUT2D eigenvalue weighted by Crippen LogP contribution is 2.33. The molecule has 0 N–H and O–H groups in total. The minimum absolute atomic E-state index is 0.119. The highest BCUT2D eigenvalue weighted by Gasteiger charge is 2.10. The second-order valence-electron chi connectivity index (χ2n) is 3.65. The van der Waals surface area contributed by atoms with E-state index >= 15 is 0 Å². The van der Waals surface area contributed by atoms with Gasteiger partial charge in [-0.3, -0.25) is 0 Å². The Balaban J connectivity index is 2.31. The lowest BCUT2D eigenvalue weighted by Crippen LogP contribution is -1.95. The van der Waals surface area contributed by atoms with Crippen molar-refractivity contribution in [1.82, 2.24) is 4.98 Å². The number of nitrogens with zero attached hydrogens (tertiary/aromatic N) is 1. The van der Waals surface area contributed by atoms with Crippen molar-refractivity contribution in [2.75, 3.05) is 7.11 Å².